The van der Waals surface area contributed by atoms with E-state index in [0.717, 1.165) is 11.1 Å². The first-order valence-corrected chi connectivity index (χ1v) is 6.22. The highest BCUT2D eigenvalue weighted by atomic mass is 35.5. The van der Waals surface area contributed by atoms with E-state index >= 15 is 0 Å². The Labute approximate surface area is 121 Å². The second-order valence-electron chi connectivity index (χ2n) is 4.25. The van der Waals surface area contributed by atoms with Crippen molar-refractivity contribution in [1.82, 2.24) is 9.94 Å². The predicted molar refractivity (Wildman–Crippen MR) is 75.1 cm³/mol. The van der Waals surface area contributed by atoms with Gasteiger partial charge in [0.2, 0.25) is 5.88 Å². The van der Waals surface area contributed by atoms with Crippen LogP contribution in [0.3, 0.4) is 0 Å². The molecule has 104 valence electrons. The highest BCUT2D eigenvalue weighted by molar-refractivity contribution is 6.68. The Balaban J connectivity index is 2.32. The predicted octanol–water partition coefficient (Wildman–Crippen LogP) is 3.11. The summed E-state index contributed by atoms with van der Waals surface area (Å²) in [4.78, 5) is 12.1. The summed E-state index contributed by atoms with van der Waals surface area (Å²) in [5.74, 6) is 0.247. The number of nitrogens with zero attached hydrogens (tertiary/aromatic N) is 2. The van der Waals surface area contributed by atoms with Crippen LogP contribution in [0.1, 0.15) is 28.4 Å². The fraction of sp³-hybridized carbons (Fsp3) is 0.143. The molecule has 20 heavy (non-hydrogen) atoms. The number of allylic oxidation sites excluding steroid dienone is 1. The number of carbonyl (C=O) groups excluding carboxylic acids is 1. The first-order valence-electron chi connectivity index (χ1n) is 5.84. The van der Waals surface area contributed by atoms with Crippen LogP contribution in [0.5, 0.6) is 5.88 Å². The Morgan fingerprint density at radius 1 is 1.45 bits per heavy atom. The highest BCUT2D eigenvalue weighted by Gasteiger charge is 2.14. The Bertz CT molecular complexity index is 632. The zero-order valence-corrected chi connectivity index (χ0v) is 11.6. The monoisotopic (exact) mass is 292 g/mol. The van der Waals surface area contributed by atoms with E-state index in [0.29, 0.717) is 16.0 Å². The summed E-state index contributed by atoms with van der Waals surface area (Å²) >= 11 is 5.59. The molecule has 1 aromatic heterocycles. The van der Waals surface area contributed by atoms with Crippen LogP contribution in [0.15, 0.2) is 37.0 Å². The van der Waals surface area contributed by atoms with Gasteiger partial charge in [-0.2, -0.15) is 0 Å². The summed E-state index contributed by atoms with van der Waals surface area (Å²) in [5, 5.41) is 12.2. The van der Waals surface area contributed by atoms with Crippen molar-refractivity contribution in [2.24, 2.45) is 0 Å². The van der Waals surface area contributed by atoms with E-state index in [1.807, 2.05) is 13.0 Å². The number of hydrogen-bond donors (Lipinski definition) is 1. The fourth-order valence-electron chi connectivity index (χ4n) is 1.85. The summed E-state index contributed by atoms with van der Waals surface area (Å²) in [6.07, 6.45) is 1.34. The van der Waals surface area contributed by atoms with Crippen molar-refractivity contribution in [3.05, 3.63) is 53.7 Å². The molecule has 5 nitrogen and oxygen atoms in total. The average Bonchev–Trinajstić information content (AvgIpc) is 2.81. The van der Waals surface area contributed by atoms with Gasteiger partial charge >= 0.3 is 0 Å². The van der Waals surface area contributed by atoms with Crippen molar-refractivity contribution in [2.45, 2.75) is 13.5 Å². The number of halogens is 1. The van der Waals surface area contributed by atoms with Crippen molar-refractivity contribution in [3.63, 3.8) is 0 Å². The molecule has 0 fully saturated rings. The van der Waals surface area contributed by atoms with E-state index in [4.69, 9.17) is 21.5 Å². The molecule has 0 atom stereocenters. The lowest BCUT2D eigenvalue weighted by atomic mass is 9.98. The number of hydrogen-bond acceptors (Lipinski definition) is 4. The summed E-state index contributed by atoms with van der Waals surface area (Å²) in [7, 11) is 0. The molecule has 0 saturated heterocycles. The van der Waals surface area contributed by atoms with Gasteiger partial charge in [0.25, 0.3) is 5.24 Å². The Morgan fingerprint density at radius 3 is 2.70 bits per heavy atom. The third-order valence-corrected chi connectivity index (χ3v) is 2.97. The van der Waals surface area contributed by atoms with Crippen molar-refractivity contribution in [2.75, 3.05) is 0 Å². The second kappa shape index (κ2) is 5.79. The largest absolute Gasteiger partial charge is 0.472 e. The normalized spacial score (nSPS) is 10.3. The second-order valence-corrected chi connectivity index (χ2v) is 4.59. The molecule has 1 N–H and O–H groups in total. The molecule has 6 heteroatoms. The van der Waals surface area contributed by atoms with E-state index in [9.17, 15) is 4.79 Å². The Morgan fingerprint density at radius 2 is 2.15 bits per heavy atom. The van der Waals surface area contributed by atoms with E-state index in [1.54, 1.807) is 12.1 Å². The first kappa shape index (κ1) is 14.1. The number of rotatable bonds is 5. The van der Waals surface area contributed by atoms with Gasteiger partial charge in [-0.25, -0.2) is 0 Å². The van der Waals surface area contributed by atoms with Gasteiger partial charge < -0.3 is 9.94 Å². The van der Waals surface area contributed by atoms with Crippen LogP contribution in [0.4, 0.5) is 0 Å². The van der Waals surface area contributed by atoms with Crippen LogP contribution in [-0.2, 0) is 6.61 Å². The van der Waals surface area contributed by atoms with Crippen LogP contribution in [-0.4, -0.2) is 20.4 Å². The molecule has 0 saturated carbocycles. The number of benzene rings is 1. The van der Waals surface area contributed by atoms with Gasteiger partial charge in [0, 0.05) is 17.2 Å². The van der Waals surface area contributed by atoms with E-state index < -0.39 is 5.24 Å². The molecule has 2 rings (SSSR count). The van der Waals surface area contributed by atoms with Crippen LogP contribution in [0.25, 0.3) is 5.57 Å². The minimum atomic E-state index is -0.556. The number of carbonyl (C=O) groups is 1. The van der Waals surface area contributed by atoms with Gasteiger partial charge in [-0.1, -0.05) is 29.4 Å². The molecule has 1 heterocycles. The molecule has 1 aromatic carbocycles. The maximum absolute atomic E-state index is 11.5. The van der Waals surface area contributed by atoms with Gasteiger partial charge in [-0.05, 0) is 30.2 Å². The standard InChI is InChI=1S/C14H13ClN2O3/c1-9(2)10-4-3-5-11(14(15)18)12(10)8-20-13-6-7-17(19)16-13/h3-7,19H,1,8H2,2H3. The zero-order chi connectivity index (χ0) is 14.7. The van der Waals surface area contributed by atoms with E-state index in [-0.39, 0.29) is 12.5 Å². The lowest BCUT2D eigenvalue weighted by Gasteiger charge is -2.12. The minimum Gasteiger partial charge on any atom is -0.472 e. The molecule has 0 unspecified atom stereocenters. The number of aromatic nitrogens is 2. The van der Waals surface area contributed by atoms with Crippen LogP contribution >= 0.6 is 11.6 Å². The SMILES string of the molecule is C=C(C)c1cccc(C(=O)Cl)c1COc1ccn(O)n1. The van der Waals surface area contributed by atoms with Crippen LogP contribution in [0.2, 0.25) is 0 Å². The summed E-state index contributed by atoms with van der Waals surface area (Å²) in [6, 6.07) is 6.72. The molecule has 0 aliphatic heterocycles. The fourth-order valence-corrected chi connectivity index (χ4v) is 2.02. The summed E-state index contributed by atoms with van der Waals surface area (Å²) in [5.41, 5.74) is 2.62. The van der Waals surface area contributed by atoms with E-state index in [2.05, 4.69) is 11.7 Å². The summed E-state index contributed by atoms with van der Waals surface area (Å²) < 4.78 is 5.45. The molecule has 0 bridgehead atoms. The molecule has 2 aromatic rings. The Kier molecular flexibility index (Phi) is 4.10. The third kappa shape index (κ3) is 3.00. The van der Waals surface area contributed by atoms with Crippen molar-refractivity contribution >= 4 is 22.4 Å². The molecule has 0 aliphatic rings. The lowest BCUT2D eigenvalue weighted by molar-refractivity contribution is 0.107. The van der Waals surface area contributed by atoms with E-state index in [1.165, 1.54) is 12.3 Å². The molecule has 0 spiro atoms. The maximum atomic E-state index is 11.5. The zero-order valence-electron chi connectivity index (χ0n) is 10.8. The van der Waals surface area contributed by atoms with Crippen LogP contribution < -0.4 is 4.74 Å². The highest BCUT2D eigenvalue weighted by Crippen LogP contribution is 2.24. The topological polar surface area (TPSA) is 64.3 Å². The van der Waals surface area contributed by atoms with Gasteiger partial charge in [-0.3, -0.25) is 4.79 Å². The van der Waals surface area contributed by atoms with Gasteiger partial charge in [0.05, 0.1) is 6.20 Å². The maximum Gasteiger partial charge on any atom is 0.252 e. The van der Waals surface area contributed by atoms with Gasteiger partial charge in [0.15, 0.2) is 0 Å². The number of ether oxygens (including phenoxy) is 1. The van der Waals surface area contributed by atoms with Crippen molar-refractivity contribution in [1.29, 1.82) is 0 Å². The lowest BCUT2D eigenvalue weighted by Crippen LogP contribution is -2.06. The van der Waals surface area contributed by atoms with Crippen LogP contribution in [0, 0.1) is 0 Å². The van der Waals surface area contributed by atoms with Gasteiger partial charge in [-0.15, -0.1) is 4.85 Å². The van der Waals surface area contributed by atoms with Gasteiger partial charge in [0.1, 0.15) is 6.61 Å². The molecular weight excluding hydrogens is 280 g/mol. The van der Waals surface area contributed by atoms with Crippen molar-refractivity contribution < 1.29 is 14.7 Å². The molecule has 0 aliphatic carbocycles. The minimum absolute atomic E-state index is 0.105. The third-order valence-electron chi connectivity index (χ3n) is 2.76. The van der Waals surface area contributed by atoms with Crippen molar-refractivity contribution in [3.8, 4) is 5.88 Å². The average molecular weight is 293 g/mol. The molecule has 0 radical (unpaired) electrons. The quantitative estimate of drug-likeness (QED) is 0.679. The Hall–Kier alpha value is -2.27. The summed E-state index contributed by atoms with van der Waals surface area (Å²) in [6.45, 7) is 5.82. The first-order chi connectivity index (χ1) is 9.49. The molecular formula is C14H13ClN2O3. The molecule has 0 amide bonds. The smallest absolute Gasteiger partial charge is 0.252 e.